The first-order valence-electron chi connectivity index (χ1n) is 24.9. The Morgan fingerprint density at radius 1 is 0.794 bits per heavy atom. The minimum Gasteiger partial charge on any atom is -0.460 e. The van der Waals surface area contributed by atoms with Crippen LogP contribution in [0.3, 0.4) is 0 Å². The molecule has 68 heavy (non-hydrogen) atoms. The van der Waals surface area contributed by atoms with Crippen molar-refractivity contribution < 1.29 is 68.1 Å². The van der Waals surface area contributed by atoms with Gasteiger partial charge in [-0.2, -0.15) is 0 Å². The number of allylic oxidation sites excluding steroid dienone is 6. The van der Waals surface area contributed by atoms with Gasteiger partial charge in [0.05, 0.1) is 37.6 Å². The van der Waals surface area contributed by atoms with Crippen LogP contribution < -0.4 is 0 Å². The maximum absolute atomic E-state index is 14.3. The molecule has 15 heteroatoms. The Morgan fingerprint density at radius 3 is 2.18 bits per heavy atom. The lowest BCUT2D eigenvalue weighted by molar-refractivity contribution is -0.167. The molecule has 1 amide bonds. The van der Waals surface area contributed by atoms with Crippen LogP contribution in [0.5, 0.6) is 0 Å². The highest BCUT2D eigenvalue weighted by molar-refractivity contribution is 6.38. The monoisotopic (exact) mass is 960 g/mol. The molecule has 0 bridgehead atoms. The summed E-state index contributed by atoms with van der Waals surface area (Å²) in [6.45, 7) is 12.8. The average Bonchev–Trinajstić information content (AvgIpc) is 3.32. The van der Waals surface area contributed by atoms with Gasteiger partial charge in [-0.05, 0) is 113 Å². The zero-order chi connectivity index (χ0) is 50.7. The van der Waals surface area contributed by atoms with E-state index in [2.05, 4.69) is 0 Å². The van der Waals surface area contributed by atoms with Gasteiger partial charge < -0.3 is 49.0 Å². The van der Waals surface area contributed by atoms with Crippen LogP contribution in [0.25, 0.3) is 0 Å². The maximum atomic E-state index is 14.3. The van der Waals surface area contributed by atoms with Gasteiger partial charge in [-0.1, -0.05) is 71.1 Å². The number of esters is 1. The molecule has 1 aliphatic carbocycles. The molecule has 0 spiro atoms. The molecule has 0 radical (unpaired) electrons. The summed E-state index contributed by atoms with van der Waals surface area (Å²) in [5, 5.41) is 43.0. The van der Waals surface area contributed by atoms with Gasteiger partial charge in [0.25, 0.3) is 5.91 Å². The molecule has 0 aromatic rings. The fraction of sp³-hybridized carbons (Fsp3) is 0.755. The Balaban J connectivity index is 1.98. The van der Waals surface area contributed by atoms with E-state index in [9.17, 15) is 44.4 Å². The van der Waals surface area contributed by atoms with Crippen LogP contribution >= 0.6 is 0 Å². The molecule has 1 saturated heterocycles. The van der Waals surface area contributed by atoms with Crippen molar-refractivity contribution in [1.29, 1.82) is 0 Å². The Hall–Kier alpha value is -3.41. The molecule has 1 saturated carbocycles. The van der Waals surface area contributed by atoms with Gasteiger partial charge in [0.1, 0.15) is 36.2 Å². The number of amides is 1. The zero-order valence-electron chi connectivity index (χ0n) is 42.5. The first kappa shape index (κ1) is 58.9. The molecule has 4 N–H and O–H groups in total. The van der Waals surface area contributed by atoms with Gasteiger partial charge in [0.2, 0.25) is 5.78 Å². The van der Waals surface area contributed by atoms with Crippen molar-refractivity contribution in [3.8, 4) is 0 Å². The minimum absolute atomic E-state index is 0.0152. The third-order valence-electron chi connectivity index (χ3n) is 14.4. The number of rotatable bonds is 9. The van der Waals surface area contributed by atoms with Crippen LogP contribution in [0.1, 0.15) is 126 Å². The summed E-state index contributed by atoms with van der Waals surface area (Å²) in [7, 11) is 4.55. The van der Waals surface area contributed by atoms with Gasteiger partial charge in [0, 0.05) is 52.6 Å². The van der Waals surface area contributed by atoms with Gasteiger partial charge in [0.15, 0.2) is 5.78 Å². The highest BCUT2D eigenvalue weighted by Gasteiger charge is 2.42. The fourth-order valence-corrected chi connectivity index (χ4v) is 9.97. The number of ketones is 3. The number of hydrogen-bond acceptors (Lipinski definition) is 14. The van der Waals surface area contributed by atoms with E-state index in [1.807, 2.05) is 51.2 Å². The number of cyclic esters (lactones) is 1. The summed E-state index contributed by atoms with van der Waals surface area (Å²) in [6, 6.07) is -1.12. The van der Waals surface area contributed by atoms with Crippen molar-refractivity contribution >= 4 is 29.2 Å². The molecule has 15 nitrogen and oxygen atoms in total. The molecule has 3 rings (SSSR count). The van der Waals surface area contributed by atoms with Crippen molar-refractivity contribution in [2.45, 2.75) is 180 Å². The zero-order valence-corrected chi connectivity index (χ0v) is 42.5. The highest BCUT2D eigenvalue weighted by Crippen LogP contribution is 2.35. The number of Topliss-reactive ketones (excluding diaryl/α,β-unsaturated/α-hetero) is 3. The second-order valence-electron chi connectivity index (χ2n) is 19.9. The SMILES string of the molecule is CO[C@H]1C[C@@H](O)CC[C@@H](C)[C@H](O)C(=O)C(=O)N2CCCC[C@@H]2C(=O)O[C@@H]([C@H](C)C[C@@H]2CC[C@@H](OCCO)[C@H](OC)C2)CC(=O)[C@H](C)/C=C(\C)[C@@H](O)[C@@H](OC)C(=O)[C@H](C)C[C@H](C)\C=C/C=C/C=C/1C. The molecule has 15 atom stereocenters. The molecule has 2 heterocycles. The van der Waals surface area contributed by atoms with E-state index in [1.165, 1.54) is 12.0 Å². The predicted molar refractivity (Wildman–Crippen MR) is 258 cm³/mol. The molecular weight excluding hydrogens is 875 g/mol. The van der Waals surface area contributed by atoms with E-state index in [-0.39, 0.29) is 93.4 Å². The Labute approximate surface area is 405 Å². The van der Waals surface area contributed by atoms with E-state index in [0.717, 1.165) is 12.0 Å². The molecular formula is C53H85NO14. The van der Waals surface area contributed by atoms with E-state index < -0.39 is 78.1 Å². The number of carbonyl (C=O) groups excluding carboxylic acids is 5. The number of carbonyl (C=O) groups is 5. The van der Waals surface area contributed by atoms with Crippen LogP contribution in [0.2, 0.25) is 0 Å². The molecule has 2 fully saturated rings. The summed E-state index contributed by atoms with van der Waals surface area (Å²) in [4.78, 5) is 70.9. The summed E-state index contributed by atoms with van der Waals surface area (Å²) in [5.41, 5.74) is 1.25. The summed E-state index contributed by atoms with van der Waals surface area (Å²) in [6.07, 6.45) is 9.56. The second-order valence-corrected chi connectivity index (χ2v) is 19.9. The normalized spacial score (nSPS) is 37.6. The topological polar surface area (TPSA) is 216 Å². The molecule has 0 aromatic carbocycles. The number of piperidine rings is 1. The third-order valence-corrected chi connectivity index (χ3v) is 14.4. The largest absolute Gasteiger partial charge is 0.460 e. The number of aliphatic hydroxyl groups excluding tert-OH is 4. The van der Waals surface area contributed by atoms with E-state index in [4.69, 9.17) is 23.7 Å². The smallest absolute Gasteiger partial charge is 0.329 e. The minimum atomic E-state index is -1.67. The van der Waals surface area contributed by atoms with Crippen molar-refractivity contribution in [2.75, 3.05) is 41.1 Å². The number of nitrogens with zero attached hydrogens (tertiary/aromatic N) is 1. The number of methoxy groups -OCH3 is 3. The van der Waals surface area contributed by atoms with Crippen molar-refractivity contribution in [3.05, 3.63) is 47.6 Å². The van der Waals surface area contributed by atoms with Crippen LogP contribution in [0.4, 0.5) is 0 Å². The molecule has 2 aliphatic heterocycles. The standard InChI is InChI=1S/C53H85NO14/c1-32-16-12-11-13-17-33(2)44(64-8)30-40(56)21-19-34(3)47(58)50(61)52(62)54-23-15-14-18-41(54)53(63)68-45(36(5)28-39-20-22-43(67-25-24-55)46(29-39)65-9)31-42(57)35(4)27-38(7)49(60)51(66-10)48(59)37(6)26-32/h11-13,16-17,27,32,34-37,39-41,43-47,49,51,55-56,58,60H,14-15,18-26,28-31H2,1-10H3/b13-11+,16-12-,33-17+,38-27+/t32-,34-,35-,36-,37-,39+,40+,41-,43-,44+,45-,46-,47+,49-,51+/m1/s1. The molecule has 0 aromatic heterocycles. The Bertz CT molecular complexity index is 1740. The lowest BCUT2D eigenvalue weighted by atomic mass is 9.78. The van der Waals surface area contributed by atoms with Crippen molar-refractivity contribution in [2.24, 2.45) is 35.5 Å². The Kier molecular flexibility index (Phi) is 25.7. The quantitative estimate of drug-likeness (QED) is 0.122. The average molecular weight is 960 g/mol. The van der Waals surface area contributed by atoms with Crippen LogP contribution in [0, 0.1) is 35.5 Å². The third kappa shape index (κ3) is 17.8. The van der Waals surface area contributed by atoms with Gasteiger partial charge in [-0.15, -0.1) is 0 Å². The van der Waals surface area contributed by atoms with Crippen LogP contribution in [0.15, 0.2) is 47.6 Å². The molecule has 3 aliphatic rings. The van der Waals surface area contributed by atoms with Crippen molar-refractivity contribution in [3.63, 3.8) is 0 Å². The summed E-state index contributed by atoms with van der Waals surface area (Å²) in [5.74, 6) is -5.37. The van der Waals surface area contributed by atoms with E-state index >= 15 is 0 Å². The second kappa shape index (κ2) is 29.7. The first-order chi connectivity index (χ1) is 32.3. The molecule has 0 unspecified atom stereocenters. The predicted octanol–water partition coefficient (Wildman–Crippen LogP) is 5.83. The first-order valence-corrected chi connectivity index (χ1v) is 24.9. The van der Waals surface area contributed by atoms with Crippen LogP contribution in [-0.4, -0.2) is 151 Å². The van der Waals surface area contributed by atoms with Gasteiger partial charge in [-0.3, -0.25) is 19.2 Å². The maximum Gasteiger partial charge on any atom is 0.329 e. The van der Waals surface area contributed by atoms with E-state index in [0.29, 0.717) is 44.1 Å². The lowest BCUT2D eigenvalue weighted by Crippen LogP contribution is -2.54. The summed E-state index contributed by atoms with van der Waals surface area (Å²) < 4.78 is 29.1. The highest BCUT2D eigenvalue weighted by atomic mass is 16.5. The summed E-state index contributed by atoms with van der Waals surface area (Å²) >= 11 is 0. The lowest BCUT2D eigenvalue weighted by Gasteiger charge is -2.38. The van der Waals surface area contributed by atoms with E-state index in [1.54, 1.807) is 48.0 Å². The number of hydrogen-bond donors (Lipinski definition) is 4. The number of fused-ring (bicyclic) bond motifs is 1. The Morgan fingerprint density at radius 2 is 1.51 bits per heavy atom. The van der Waals surface area contributed by atoms with Gasteiger partial charge in [-0.25, -0.2) is 4.79 Å². The van der Waals surface area contributed by atoms with Crippen LogP contribution in [-0.2, 0) is 47.7 Å². The number of aliphatic hydroxyl groups is 4. The number of ether oxygens (including phenoxy) is 5. The van der Waals surface area contributed by atoms with Crippen molar-refractivity contribution in [1.82, 2.24) is 4.90 Å². The fourth-order valence-electron chi connectivity index (χ4n) is 9.97. The molecule has 386 valence electrons. The van der Waals surface area contributed by atoms with Gasteiger partial charge >= 0.3 is 5.97 Å².